The lowest BCUT2D eigenvalue weighted by molar-refractivity contribution is -0.125. The van der Waals surface area contributed by atoms with Gasteiger partial charge in [-0.3, -0.25) is 9.59 Å². The molecule has 1 fully saturated rings. The predicted molar refractivity (Wildman–Crippen MR) is 67.1 cm³/mol. The van der Waals surface area contributed by atoms with Gasteiger partial charge in [0.2, 0.25) is 17.8 Å². The van der Waals surface area contributed by atoms with Crippen molar-refractivity contribution in [2.75, 3.05) is 4.90 Å². The van der Waals surface area contributed by atoms with Crippen LogP contribution in [0.15, 0.2) is 24.3 Å². The van der Waals surface area contributed by atoms with Crippen LogP contribution in [0.4, 0.5) is 5.95 Å². The number of imide groups is 1. The van der Waals surface area contributed by atoms with Gasteiger partial charge in [-0.1, -0.05) is 12.1 Å². The summed E-state index contributed by atoms with van der Waals surface area (Å²) in [7, 11) is 0. The largest absolute Gasteiger partial charge is 0.323 e. The summed E-state index contributed by atoms with van der Waals surface area (Å²) >= 11 is 0. The van der Waals surface area contributed by atoms with E-state index in [1.54, 1.807) is 0 Å². The minimum absolute atomic E-state index is 0.170. The van der Waals surface area contributed by atoms with Crippen LogP contribution < -0.4 is 4.90 Å². The number of carbonyl (C=O) groups excluding carboxylic acids is 2. The number of rotatable bonds is 1. The number of nitrogens with zero attached hydrogens (tertiary/aromatic N) is 2. The first kappa shape index (κ1) is 11.0. The number of carbonyl (C=O) groups is 2. The third-order valence-electron chi connectivity index (χ3n) is 3.12. The molecule has 0 aliphatic carbocycles. The Kier molecular flexibility index (Phi) is 2.59. The number of hydrogen-bond acceptors (Lipinski definition) is 3. The number of benzene rings is 1. The SMILES string of the molecule is O=C1CCCCC(=O)N1c1nc2ccccc2[nH]1. The van der Waals surface area contributed by atoms with Crippen molar-refractivity contribution in [3.8, 4) is 0 Å². The quantitative estimate of drug-likeness (QED) is 0.779. The Morgan fingerprint density at radius 3 is 2.39 bits per heavy atom. The van der Waals surface area contributed by atoms with Crippen LogP contribution >= 0.6 is 0 Å². The molecule has 0 radical (unpaired) electrons. The number of H-pyrrole nitrogens is 1. The van der Waals surface area contributed by atoms with Crippen LogP contribution in [0.1, 0.15) is 25.7 Å². The molecule has 1 aromatic carbocycles. The minimum Gasteiger partial charge on any atom is -0.323 e. The maximum Gasteiger partial charge on any atom is 0.236 e. The number of aromatic amines is 1. The maximum absolute atomic E-state index is 11.9. The van der Waals surface area contributed by atoms with Crippen molar-refractivity contribution in [2.24, 2.45) is 0 Å². The predicted octanol–water partition coefficient (Wildman–Crippen LogP) is 2.00. The highest BCUT2D eigenvalue weighted by atomic mass is 16.2. The molecule has 2 heterocycles. The van der Waals surface area contributed by atoms with Gasteiger partial charge in [0, 0.05) is 12.8 Å². The normalized spacial score (nSPS) is 17.2. The van der Waals surface area contributed by atoms with Crippen LogP contribution in [-0.4, -0.2) is 21.8 Å². The van der Waals surface area contributed by atoms with Gasteiger partial charge in [-0.2, -0.15) is 0 Å². The molecule has 0 atom stereocenters. The van der Waals surface area contributed by atoms with Crippen molar-refractivity contribution in [2.45, 2.75) is 25.7 Å². The van der Waals surface area contributed by atoms with Gasteiger partial charge < -0.3 is 4.98 Å². The number of imidazole rings is 1. The molecule has 0 spiro atoms. The van der Waals surface area contributed by atoms with Gasteiger partial charge in [-0.05, 0) is 25.0 Å². The Morgan fingerprint density at radius 1 is 1.06 bits per heavy atom. The molecule has 5 heteroatoms. The molecule has 5 nitrogen and oxygen atoms in total. The second-order valence-corrected chi connectivity index (χ2v) is 4.41. The Morgan fingerprint density at radius 2 is 1.72 bits per heavy atom. The zero-order valence-electron chi connectivity index (χ0n) is 9.85. The second-order valence-electron chi connectivity index (χ2n) is 4.41. The average Bonchev–Trinajstić information content (AvgIpc) is 2.70. The van der Waals surface area contributed by atoms with Crippen molar-refractivity contribution in [1.29, 1.82) is 0 Å². The lowest BCUT2D eigenvalue weighted by atomic mass is 10.2. The highest BCUT2D eigenvalue weighted by Crippen LogP contribution is 2.21. The van der Waals surface area contributed by atoms with Gasteiger partial charge in [0.25, 0.3) is 0 Å². The molecule has 1 N–H and O–H groups in total. The Labute approximate surface area is 104 Å². The zero-order chi connectivity index (χ0) is 12.5. The zero-order valence-corrected chi connectivity index (χ0v) is 9.85. The van der Waals surface area contributed by atoms with Gasteiger partial charge >= 0.3 is 0 Å². The van der Waals surface area contributed by atoms with Crippen LogP contribution in [0.3, 0.4) is 0 Å². The molecule has 1 aliphatic heterocycles. The van der Waals surface area contributed by atoms with Crippen LogP contribution in [0.5, 0.6) is 0 Å². The summed E-state index contributed by atoms with van der Waals surface area (Å²) in [5, 5.41) is 0. The van der Waals surface area contributed by atoms with Crippen molar-refractivity contribution >= 4 is 28.8 Å². The highest BCUT2D eigenvalue weighted by molar-refractivity contribution is 6.14. The average molecular weight is 243 g/mol. The first-order chi connectivity index (χ1) is 8.75. The van der Waals surface area contributed by atoms with Crippen LogP contribution in [0.2, 0.25) is 0 Å². The maximum atomic E-state index is 11.9. The first-order valence-corrected chi connectivity index (χ1v) is 6.06. The Bertz CT molecular complexity index is 566. The Balaban J connectivity index is 2.05. The number of aromatic nitrogens is 2. The van der Waals surface area contributed by atoms with Gasteiger partial charge in [-0.15, -0.1) is 0 Å². The van der Waals surface area contributed by atoms with Crippen molar-refractivity contribution in [1.82, 2.24) is 9.97 Å². The van der Waals surface area contributed by atoms with Crippen molar-refractivity contribution in [3.05, 3.63) is 24.3 Å². The van der Waals surface area contributed by atoms with Crippen molar-refractivity contribution in [3.63, 3.8) is 0 Å². The molecule has 0 bridgehead atoms. The smallest absolute Gasteiger partial charge is 0.236 e. The third-order valence-corrected chi connectivity index (χ3v) is 3.12. The molecule has 1 aliphatic rings. The molecule has 18 heavy (non-hydrogen) atoms. The molecule has 1 aromatic heterocycles. The summed E-state index contributed by atoms with van der Waals surface area (Å²) in [4.78, 5) is 32.4. The number of amides is 2. The lowest BCUT2D eigenvalue weighted by Crippen LogP contribution is -2.35. The van der Waals surface area contributed by atoms with E-state index in [0.717, 1.165) is 23.9 Å². The molecule has 92 valence electrons. The van der Waals surface area contributed by atoms with E-state index >= 15 is 0 Å². The topological polar surface area (TPSA) is 66.1 Å². The van der Waals surface area contributed by atoms with Gasteiger partial charge in [0.15, 0.2) is 0 Å². The fourth-order valence-corrected chi connectivity index (χ4v) is 2.20. The third kappa shape index (κ3) is 1.77. The first-order valence-electron chi connectivity index (χ1n) is 6.06. The van der Waals surface area contributed by atoms with E-state index in [0.29, 0.717) is 18.8 Å². The highest BCUT2D eigenvalue weighted by Gasteiger charge is 2.27. The molecule has 1 saturated heterocycles. The molecule has 3 rings (SSSR count). The lowest BCUT2D eigenvalue weighted by Gasteiger charge is -2.14. The number of hydrogen-bond donors (Lipinski definition) is 1. The monoisotopic (exact) mass is 243 g/mol. The summed E-state index contributed by atoms with van der Waals surface area (Å²) in [5.41, 5.74) is 1.59. The van der Waals surface area contributed by atoms with Crippen LogP contribution in [0, 0.1) is 0 Å². The molecule has 0 saturated carbocycles. The number of para-hydroxylation sites is 2. The summed E-state index contributed by atoms with van der Waals surface area (Å²) in [6.45, 7) is 0. The van der Waals surface area contributed by atoms with Crippen LogP contribution in [-0.2, 0) is 9.59 Å². The molecule has 2 amide bonds. The Hall–Kier alpha value is -2.17. The van der Waals surface area contributed by atoms with E-state index in [2.05, 4.69) is 9.97 Å². The van der Waals surface area contributed by atoms with E-state index in [-0.39, 0.29) is 11.8 Å². The number of nitrogens with one attached hydrogen (secondary N) is 1. The number of anilines is 1. The van der Waals surface area contributed by atoms with E-state index in [1.807, 2.05) is 24.3 Å². The molecular weight excluding hydrogens is 230 g/mol. The standard InChI is InChI=1S/C13H13N3O2/c17-11-7-3-4-8-12(18)16(11)13-14-9-5-1-2-6-10(9)15-13/h1-2,5-6H,3-4,7-8H2,(H,14,15). The molecular formula is C13H13N3O2. The van der Waals surface area contributed by atoms with E-state index in [4.69, 9.17) is 0 Å². The van der Waals surface area contributed by atoms with Crippen molar-refractivity contribution < 1.29 is 9.59 Å². The summed E-state index contributed by atoms with van der Waals surface area (Å²) in [6, 6.07) is 7.48. The fraction of sp³-hybridized carbons (Fsp3) is 0.308. The summed E-state index contributed by atoms with van der Waals surface area (Å²) in [5.74, 6) is 0.00112. The summed E-state index contributed by atoms with van der Waals surface area (Å²) in [6.07, 6.45) is 2.34. The van der Waals surface area contributed by atoms with Gasteiger partial charge in [0.1, 0.15) is 0 Å². The van der Waals surface area contributed by atoms with Gasteiger partial charge in [-0.25, -0.2) is 9.88 Å². The fourth-order valence-electron chi connectivity index (χ4n) is 2.20. The van der Waals surface area contributed by atoms with E-state index in [9.17, 15) is 9.59 Å². The van der Waals surface area contributed by atoms with Gasteiger partial charge in [0.05, 0.1) is 11.0 Å². The van der Waals surface area contributed by atoms with E-state index in [1.165, 1.54) is 4.90 Å². The molecule has 0 unspecified atom stereocenters. The minimum atomic E-state index is -0.170. The molecule has 2 aromatic rings. The summed E-state index contributed by atoms with van der Waals surface area (Å²) < 4.78 is 0. The second kappa shape index (κ2) is 4.25. The van der Waals surface area contributed by atoms with E-state index < -0.39 is 0 Å². The van der Waals surface area contributed by atoms with Crippen LogP contribution in [0.25, 0.3) is 11.0 Å². The number of fused-ring (bicyclic) bond motifs is 1.